The van der Waals surface area contributed by atoms with Gasteiger partial charge in [-0.25, -0.2) is 0 Å². The summed E-state index contributed by atoms with van der Waals surface area (Å²) in [6, 6.07) is 9.81. The zero-order chi connectivity index (χ0) is 19.6. The lowest BCUT2D eigenvalue weighted by molar-refractivity contribution is -0.118. The van der Waals surface area contributed by atoms with E-state index in [1.165, 1.54) is 11.8 Å². The van der Waals surface area contributed by atoms with E-state index in [4.69, 9.17) is 0 Å². The van der Waals surface area contributed by atoms with Gasteiger partial charge in [0.2, 0.25) is 5.91 Å². The molecule has 1 heterocycles. The molecule has 0 spiro atoms. The van der Waals surface area contributed by atoms with Crippen LogP contribution >= 0.6 is 11.8 Å². The molecular weight excluding hydrogens is 358 g/mol. The van der Waals surface area contributed by atoms with Gasteiger partial charge < -0.3 is 10.6 Å². The van der Waals surface area contributed by atoms with Gasteiger partial charge in [0.05, 0.1) is 22.4 Å². The number of nitriles is 1. The van der Waals surface area contributed by atoms with Crippen LogP contribution in [0.1, 0.15) is 38.7 Å². The summed E-state index contributed by atoms with van der Waals surface area (Å²) in [7, 11) is 0. The summed E-state index contributed by atoms with van der Waals surface area (Å²) in [4.78, 5) is 24.7. The number of carbonyl (C=O) groups is 2. The molecule has 0 aromatic heterocycles. The highest BCUT2D eigenvalue weighted by molar-refractivity contribution is 8.03. The SMILES string of the molecule is Cc1cccc(NC(=O)CSC2=C(C#N)CC3=C(CC(C)(C)CC3=O)N2)c1. The Kier molecular flexibility index (Phi) is 5.43. The molecule has 5 nitrogen and oxygen atoms in total. The molecule has 0 saturated carbocycles. The minimum absolute atomic E-state index is 0.0919. The van der Waals surface area contributed by atoms with Crippen LogP contribution in [0.15, 0.2) is 46.1 Å². The van der Waals surface area contributed by atoms with Crippen molar-refractivity contribution < 1.29 is 9.59 Å². The summed E-state index contributed by atoms with van der Waals surface area (Å²) in [6.45, 7) is 6.11. The predicted octanol–water partition coefficient (Wildman–Crippen LogP) is 4.04. The minimum atomic E-state index is -0.128. The van der Waals surface area contributed by atoms with Crippen molar-refractivity contribution in [3.05, 3.63) is 51.7 Å². The largest absolute Gasteiger partial charge is 0.352 e. The molecule has 1 amide bonds. The zero-order valence-corrected chi connectivity index (χ0v) is 16.6. The normalized spacial score (nSPS) is 18.5. The first-order chi connectivity index (χ1) is 12.8. The van der Waals surface area contributed by atoms with Gasteiger partial charge >= 0.3 is 0 Å². The number of benzene rings is 1. The van der Waals surface area contributed by atoms with Crippen molar-refractivity contribution >= 4 is 29.1 Å². The number of nitrogens with zero attached hydrogens (tertiary/aromatic N) is 1. The van der Waals surface area contributed by atoms with Gasteiger partial charge in [0, 0.05) is 29.8 Å². The van der Waals surface area contributed by atoms with Gasteiger partial charge in [0.25, 0.3) is 0 Å². The highest BCUT2D eigenvalue weighted by Crippen LogP contribution is 2.41. The first-order valence-corrected chi connectivity index (χ1v) is 9.91. The number of thioether (sulfide) groups is 1. The molecule has 1 aliphatic carbocycles. The Bertz CT molecular complexity index is 906. The Labute approximate surface area is 163 Å². The molecule has 0 unspecified atom stereocenters. The van der Waals surface area contributed by atoms with Crippen molar-refractivity contribution in [3.8, 4) is 6.07 Å². The van der Waals surface area contributed by atoms with Crippen molar-refractivity contribution in [2.45, 2.75) is 40.0 Å². The molecular formula is C21H23N3O2S. The van der Waals surface area contributed by atoms with Crippen LogP contribution in [-0.4, -0.2) is 17.4 Å². The smallest absolute Gasteiger partial charge is 0.234 e. The Morgan fingerprint density at radius 3 is 2.85 bits per heavy atom. The second-order valence-electron chi connectivity index (χ2n) is 7.83. The van der Waals surface area contributed by atoms with Gasteiger partial charge in [0.1, 0.15) is 0 Å². The maximum atomic E-state index is 12.4. The lowest BCUT2D eigenvalue weighted by atomic mass is 9.74. The van der Waals surface area contributed by atoms with Crippen LogP contribution in [0.4, 0.5) is 5.69 Å². The van der Waals surface area contributed by atoms with Crippen molar-refractivity contribution in [2.24, 2.45) is 5.41 Å². The molecule has 2 N–H and O–H groups in total. The fourth-order valence-corrected chi connectivity index (χ4v) is 4.26. The molecule has 1 aromatic carbocycles. The average Bonchev–Trinajstić information content (AvgIpc) is 2.58. The number of carbonyl (C=O) groups excluding carboxylic acids is 2. The van der Waals surface area contributed by atoms with E-state index in [1.807, 2.05) is 31.2 Å². The number of amides is 1. The molecule has 0 fully saturated rings. The van der Waals surface area contributed by atoms with Gasteiger partial charge in [-0.3, -0.25) is 9.59 Å². The lowest BCUT2D eigenvalue weighted by Gasteiger charge is -2.35. The second kappa shape index (κ2) is 7.61. The number of ketones is 1. The lowest BCUT2D eigenvalue weighted by Crippen LogP contribution is -2.34. The van der Waals surface area contributed by atoms with Crippen molar-refractivity contribution in [2.75, 3.05) is 11.1 Å². The van der Waals surface area contributed by atoms with Crippen molar-refractivity contribution in [1.82, 2.24) is 5.32 Å². The standard InChI is InChI=1S/C21H23N3O2S/c1-13-5-4-6-15(7-13)23-19(26)12-27-20-14(11-22)8-16-17(24-20)9-21(2,3)10-18(16)25/h4-7,24H,8-10,12H2,1-3H3,(H,23,26). The van der Waals surface area contributed by atoms with Gasteiger partial charge in [-0.1, -0.05) is 37.7 Å². The molecule has 1 aromatic rings. The van der Waals surface area contributed by atoms with Gasteiger partial charge in [-0.15, -0.1) is 0 Å². The Balaban J connectivity index is 1.66. The summed E-state index contributed by atoms with van der Waals surface area (Å²) in [5.74, 6) is 0.182. The van der Waals surface area contributed by atoms with Crippen LogP contribution < -0.4 is 10.6 Å². The Hall–Kier alpha value is -2.52. The van der Waals surface area contributed by atoms with Crippen molar-refractivity contribution in [1.29, 1.82) is 5.26 Å². The second-order valence-corrected chi connectivity index (χ2v) is 8.81. The Morgan fingerprint density at radius 2 is 2.15 bits per heavy atom. The van der Waals surface area contributed by atoms with Crippen molar-refractivity contribution in [3.63, 3.8) is 0 Å². The number of dihydropyridines is 1. The first-order valence-electron chi connectivity index (χ1n) is 8.92. The topological polar surface area (TPSA) is 82.0 Å². The van der Waals surface area contributed by atoms with E-state index in [9.17, 15) is 14.9 Å². The number of aryl methyl sites for hydroxylation is 1. The number of Topliss-reactive ketones (excluding diaryl/α,β-unsaturated/α-hetero) is 1. The third-order valence-corrected chi connectivity index (χ3v) is 5.72. The third kappa shape index (κ3) is 4.61. The minimum Gasteiger partial charge on any atom is -0.352 e. The molecule has 0 atom stereocenters. The molecule has 27 heavy (non-hydrogen) atoms. The maximum Gasteiger partial charge on any atom is 0.234 e. The van der Waals surface area contributed by atoms with E-state index in [0.717, 1.165) is 28.9 Å². The van der Waals surface area contributed by atoms with Crippen LogP contribution in [0, 0.1) is 23.7 Å². The number of hydrogen-bond acceptors (Lipinski definition) is 5. The quantitative estimate of drug-likeness (QED) is 0.823. The monoisotopic (exact) mass is 381 g/mol. The fourth-order valence-electron chi connectivity index (χ4n) is 3.42. The maximum absolute atomic E-state index is 12.4. The number of anilines is 1. The van der Waals surface area contributed by atoms with Crippen LogP contribution in [-0.2, 0) is 9.59 Å². The molecule has 1 aliphatic heterocycles. The number of rotatable bonds is 4. The highest BCUT2D eigenvalue weighted by Gasteiger charge is 2.36. The summed E-state index contributed by atoms with van der Waals surface area (Å²) in [6.07, 6.45) is 1.63. The van der Waals surface area contributed by atoms with E-state index in [-0.39, 0.29) is 22.9 Å². The number of allylic oxidation sites excluding steroid dienone is 3. The molecule has 3 rings (SSSR count). The molecule has 0 radical (unpaired) electrons. The van der Waals surface area contributed by atoms with E-state index >= 15 is 0 Å². The predicted molar refractivity (Wildman–Crippen MR) is 108 cm³/mol. The van der Waals surface area contributed by atoms with Gasteiger partial charge in [-0.2, -0.15) is 5.26 Å². The van der Waals surface area contributed by atoms with Crippen LogP contribution in [0.25, 0.3) is 0 Å². The van der Waals surface area contributed by atoms with E-state index < -0.39 is 0 Å². The van der Waals surface area contributed by atoms with E-state index in [0.29, 0.717) is 23.4 Å². The molecule has 140 valence electrons. The van der Waals surface area contributed by atoms with Gasteiger partial charge in [0.15, 0.2) is 5.78 Å². The van der Waals surface area contributed by atoms with Crippen LogP contribution in [0.5, 0.6) is 0 Å². The molecule has 6 heteroatoms. The Morgan fingerprint density at radius 1 is 1.37 bits per heavy atom. The van der Waals surface area contributed by atoms with E-state index in [1.54, 1.807) is 0 Å². The summed E-state index contributed by atoms with van der Waals surface area (Å²) in [5.41, 5.74) is 3.89. The third-order valence-electron chi connectivity index (χ3n) is 4.67. The summed E-state index contributed by atoms with van der Waals surface area (Å²) in [5, 5.41) is 16.3. The summed E-state index contributed by atoms with van der Waals surface area (Å²) >= 11 is 1.31. The van der Waals surface area contributed by atoms with E-state index in [2.05, 4.69) is 30.6 Å². The molecule has 0 bridgehead atoms. The average molecular weight is 382 g/mol. The molecule has 2 aliphatic rings. The van der Waals surface area contributed by atoms with Crippen LogP contribution in [0.3, 0.4) is 0 Å². The highest BCUT2D eigenvalue weighted by atomic mass is 32.2. The summed E-state index contributed by atoms with van der Waals surface area (Å²) < 4.78 is 0. The fraction of sp³-hybridized carbons (Fsp3) is 0.381. The number of hydrogen-bond donors (Lipinski definition) is 2. The zero-order valence-electron chi connectivity index (χ0n) is 15.8. The number of nitrogens with one attached hydrogen (secondary N) is 2. The first kappa shape index (κ1) is 19.2. The molecule has 0 saturated heterocycles. The van der Waals surface area contributed by atoms with Crippen LogP contribution in [0.2, 0.25) is 0 Å². The van der Waals surface area contributed by atoms with Gasteiger partial charge in [-0.05, 0) is 36.5 Å².